The minimum atomic E-state index is -0.407. The average Bonchev–Trinajstić information content (AvgIpc) is 3.37. The van der Waals surface area contributed by atoms with Crippen LogP contribution in [0.15, 0.2) is 48.8 Å². The normalized spacial score (nSPS) is 27.6. The van der Waals surface area contributed by atoms with Gasteiger partial charge >= 0.3 is 6.09 Å². The van der Waals surface area contributed by atoms with Crippen LogP contribution in [-0.4, -0.2) is 57.7 Å². The standard InChI is InChI=1S/C22H21N5O2S/c28-21-27(14-22(29-21)13-26-11-7-15(22)8-12-26)20-25-18(16-5-1-3-9-23-16)19(30-20)17-6-2-4-10-24-17/h1-6,9-10,15H,7-8,11-14H2. The van der Waals surface area contributed by atoms with Crippen LogP contribution < -0.4 is 4.90 Å². The number of carbonyl (C=O) groups excluding carboxylic acids is 1. The lowest BCUT2D eigenvalue weighted by molar-refractivity contribution is -0.0881. The maximum Gasteiger partial charge on any atom is 0.416 e. The first-order valence-electron chi connectivity index (χ1n) is 10.3. The van der Waals surface area contributed by atoms with Gasteiger partial charge in [-0.25, -0.2) is 14.7 Å². The van der Waals surface area contributed by atoms with Crippen molar-refractivity contribution in [2.45, 2.75) is 18.4 Å². The lowest BCUT2D eigenvalue weighted by Gasteiger charge is -2.49. The van der Waals surface area contributed by atoms with E-state index >= 15 is 0 Å². The van der Waals surface area contributed by atoms with Crippen LogP contribution >= 0.6 is 11.3 Å². The van der Waals surface area contributed by atoms with E-state index in [1.54, 1.807) is 17.3 Å². The maximum absolute atomic E-state index is 12.9. The molecule has 4 aliphatic heterocycles. The summed E-state index contributed by atoms with van der Waals surface area (Å²) in [6.45, 7) is 3.60. The monoisotopic (exact) mass is 419 g/mol. The van der Waals surface area contributed by atoms with Crippen molar-refractivity contribution in [2.24, 2.45) is 5.92 Å². The van der Waals surface area contributed by atoms with Crippen molar-refractivity contribution >= 4 is 22.6 Å². The number of fused-ring (bicyclic) bond motifs is 2. The van der Waals surface area contributed by atoms with Crippen LogP contribution in [0.1, 0.15) is 12.8 Å². The van der Waals surface area contributed by atoms with Crippen molar-refractivity contribution in [3.05, 3.63) is 48.8 Å². The number of aromatic nitrogens is 3. The Balaban J connectivity index is 1.40. The van der Waals surface area contributed by atoms with Gasteiger partial charge in [0, 0.05) is 24.9 Å². The van der Waals surface area contributed by atoms with Crippen LogP contribution in [-0.2, 0) is 4.74 Å². The van der Waals surface area contributed by atoms with Gasteiger partial charge in [0.05, 0.1) is 22.8 Å². The van der Waals surface area contributed by atoms with Crippen LogP contribution in [0.3, 0.4) is 0 Å². The molecular formula is C22H21N5O2S. The molecule has 30 heavy (non-hydrogen) atoms. The Morgan fingerprint density at radius 1 is 1.00 bits per heavy atom. The summed E-state index contributed by atoms with van der Waals surface area (Å²) in [7, 11) is 0. The van der Waals surface area contributed by atoms with E-state index in [1.807, 2.05) is 36.4 Å². The van der Waals surface area contributed by atoms with Crippen molar-refractivity contribution in [3.8, 4) is 22.0 Å². The molecule has 2 bridgehead atoms. The highest BCUT2D eigenvalue weighted by Crippen LogP contribution is 2.46. The number of rotatable bonds is 3. The Hall–Kier alpha value is -2.84. The van der Waals surface area contributed by atoms with E-state index in [4.69, 9.17) is 9.72 Å². The largest absolute Gasteiger partial charge is 0.439 e. The molecule has 1 unspecified atom stereocenters. The number of piperidine rings is 3. The molecule has 3 aromatic heterocycles. The molecular weight excluding hydrogens is 398 g/mol. The molecule has 0 saturated carbocycles. The van der Waals surface area contributed by atoms with Crippen LogP contribution in [0, 0.1) is 5.92 Å². The Labute approximate surface area is 178 Å². The molecule has 3 aromatic rings. The van der Waals surface area contributed by atoms with Gasteiger partial charge in [-0.2, -0.15) is 0 Å². The molecule has 4 aliphatic rings. The molecule has 1 atom stereocenters. The average molecular weight is 420 g/mol. The fraction of sp³-hybridized carbons (Fsp3) is 0.364. The van der Waals surface area contributed by atoms with Crippen LogP contribution in [0.5, 0.6) is 0 Å². The molecule has 8 heteroatoms. The van der Waals surface area contributed by atoms with Gasteiger partial charge in [-0.1, -0.05) is 23.5 Å². The number of anilines is 1. The van der Waals surface area contributed by atoms with Crippen molar-refractivity contribution in [2.75, 3.05) is 31.1 Å². The van der Waals surface area contributed by atoms with E-state index in [0.717, 1.165) is 54.4 Å². The summed E-state index contributed by atoms with van der Waals surface area (Å²) >= 11 is 1.47. The Kier molecular flexibility index (Phi) is 4.10. The minimum absolute atomic E-state index is 0.294. The van der Waals surface area contributed by atoms with Gasteiger partial charge in [-0.3, -0.25) is 14.9 Å². The lowest BCUT2D eigenvalue weighted by atomic mass is 9.75. The third kappa shape index (κ3) is 2.82. The minimum Gasteiger partial charge on any atom is -0.439 e. The first-order valence-corrected chi connectivity index (χ1v) is 11.1. The number of ether oxygens (including phenoxy) is 1. The maximum atomic E-state index is 12.9. The van der Waals surface area contributed by atoms with E-state index in [2.05, 4.69) is 14.9 Å². The summed E-state index contributed by atoms with van der Waals surface area (Å²) in [4.78, 5) is 31.8. The molecule has 152 valence electrons. The molecule has 1 spiro atoms. The molecule has 7 heterocycles. The molecule has 0 aliphatic carbocycles. The predicted molar refractivity (Wildman–Crippen MR) is 114 cm³/mol. The summed E-state index contributed by atoms with van der Waals surface area (Å²) < 4.78 is 6.03. The Morgan fingerprint density at radius 2 is 1.73 bits per heavy atom. The summed E-state index contributed by atoms with van der Waals surface area (Å²) in [5.41, 5.74) is 1.94. The number of hydrogen-bond acceptors (Lipinski definition) is 7. The highest BCUT2D eigenvalue weighted by Gasteiger charge is 2.56. The topological polar surface area (TPSA) is 71.5 Å². The van der Waals surface area contributed by atoms with Crippen molar-refractivity contribution in [1.29, 1.82) is 0 Å². The molecule has 0 N–H and O–H groups in total. The molecule has 0 aromatic carbocycles. The third-order valence-electron chi connectivity index (χ3n) is 6.41. The predicted octanol–water partition coefficient (Wildman–Crippen LogP) is 3.69. The summed E-state index contributed by atoms with van der Waals surface area (Å²) in [6, 6.07) is 11.6. The summed E-state index contributed by atoms with van der Waals surface area (Å²) in [5.74, 6) is 0.432. The van der Waals surface area contributed by atoms with Gasteiger partial charge in [-0.05, 0) is 50.2 Å². The second-order valence-corrected chi connectivity index (χ2v) is 9.15. The van der Waals surface area contributed by atoms with Crippen molar-refractivity contribution in [3.63, 3.8) is 0 Å². The number of amides is 1. The van der Waals surface area contributed by atoms with Gasteiger partial charge in [0.25, 0.3) is 0 Å². The van der Waals surface area contributed by atoms with Crippen LogP contribution in [0.25, 0.3) is 22.0 Å². The zero-order valence-corrected chi connectivity index (χ0v) is 17.2. The first-order chi connectivity index (χ1) is 14.7. The van der Waals surface area contributed by atoms with E-state index in [1.165, 1.54) is 11.3 Å². The van der Waals surface area contributed by atoms with Crippen LogP contribution in [0.4, 0.5) is 9.93 Å². The zero-order chi connectivity index (χ0) is 20.1. The number of nitrogens with zero attached hydrogens (tertiary/aromatic N) is 5. The number of pyridine rings is 2. The molecule has 4 saturated heterocycles. The first kappa shape index (κ1) is 18.0. The van der Waals surface area contributed by atoms with Gasteiger partial charge in [0.15, 0.2) is 5.13 Å². The smallest absolute Gasteiger partial charge is 0.416 e. The quantitative estimate of drug-likeness (QED) is 0.645. The molecule has 1 amide bonds. The fourth-order valence-electron chi connectivity index (χ4n) is 4.93. The number of hydrogen-bond donors (Lipinski definition) is 0. The van der Waals surface area contributed by atoms with Gasteiger partial charge in [-0.15, -0.1) is 0 Å². The number of thiazole rings is 1. The molecule has 7 nitrogen and oxygen atoms in total. The van der Waals surface area contributed by atoms with E-state index in [-0.39, 0.29) is 6.09 Å². The summed E-state index contributed by atoms with van der Waals surface area (Å²) in [5, 5.41) is 0.648. The second kappa shape index (κ2) is 6.85. The molecule has 0 radical (unpaired) electrons. The SMILES string of the molecule is O=C1OC2(CN3CCC2CC3)CN1c1nc(-c2ccccn2)c(-c2ccccn2)s1. The second-order valence-electron chi connectivity index (χ2n) is 8.17. The Morgan fingerprint density at radius 3 is 2.37 bits per heavy atom. The van der Waals surface area contributed by atoms with E-state index in [9.17, 15) is 4.79 Å². The third-order valence-corrected chi connectivity index (χ3v) is 7.51. The highest BCUT2D eigenvalue weighted by atomic mass is 32.1. The van der Waals surface area contributed by atoms with Crippen molar-refractivity contribution < 1.29 is 9.53 Å². The van der Waals surface area contributed by atoms with E-state index in [0.29, 0.717) is 17.6 Å². The fourth-order valence-corrected chi connectivity index (χ4v) is 5.97. The molecule has 7 rings (SSSR count). The summed E-state index contributed by atoms with van der Waals surface area (Å²) in [6.07, 6.45) is 5.42. The zero-order valence-electron chi connectivity index (χ0n) is 16.4. The Bertz CT molecular complexity index is 1020. The number of carbonyl (C=O) groups is 1. The van der Waals surface area contributed by atoms with Gasteiger partial charge in [0.2, 0.25) is 0 Å². The van der Waals surface area contributed by atoms with Crippen LogP contribution in [0.2, 0.25) is 0 Å². The lowest BCUT2D eigenvalue weighted by Crippen LogP contribution is -2.61. The van der Waals surface area contributed by atoms with Gasteiger partial charge in [0.1, 0.15) is 11.3 Å². The molecule has 4 fully saturated rings. The van der Waals surface area contributed by atoms with Crippen molar-refractivity contribution in [1.82, 2.24) is 19.9 Å². The highest BCUT2D eigenvalue weighted by molar-refractivity contribution is 7.19. The van der Waals surface area contributed by atoms with Gasteiger partial charge < -0.3 is 4.74 Å². The van der Waals surface area contributed by atoms with E-state index < -0.39 is 5.60 Å².